The Hall–Kier alpha value is -2.31. The van der Waals surface area contributed by atoms with Gasteiger partial charge in [0.05, 0.1) is 11.1 Å². The summed E-state index contributed by atoms with van der Waals surface area (Å²) in [5.41, 5.74) is -1.04. The third kappa shape index (κ3) is 1.78. The number of pyridine rings is 1. The van der Waals surface area contributed by atoms with Crippen molar-refractivity contribution >= 4 is 22.0 Å². The van der Waals surface area contributed by atoms with Crippen LogP contribution in [0.5, 0.6) is 0 Å². The summed E-state index contributed by atoms with van der Waals surface area (Å²) in [5, 5.41) is 0.392. The van der Waals surface area contributed by atoms with Gasteiger partial charge in [0.1, 0.15) is 0 Å². The first kappa shape index (κ1) is 11.8. The molecule has 4 nitrogen and oxygen atoms in total. The summed E-state index contributed by atoms with van der Waals surface area (Å²) in [6.07, 6.45) is -4.46. The van der Waals surface area contributed by atoms with Gasteiger partial charge in [0, 0.05) is 12.3 Å². The van der Waals surface area contributed by atoms with Gasteiger partial charge in [-0.15, -0.1) is 0 Å². The lowest BCUT2D eigenvalue weighted by Gasteiger charge is -2.07. The molecule has 0 aliphatic rings. The van der Waals surface area contributed by atoms with Crippen LogP contribution >= 0.6 is 0 Å². The van der Waals surface area contributed by atoms with E-state index in [4.69, 9.17) is 4.42 Å². The Bertz CT molecular complexity index is 846. The number of aromatic nitrogens is 2. The molecule has 7 heteroatoms. The van der Waals surface area contributed by atoms with Crippen LogP contribution in [0.4, 0.5) is 13.2 Å². The van der Waals surface area contributed by atoms with Crippen LogP contribution in [0.25, 0.3) is 22.0 Å². The molecule has 0 amide bonds. The lowest BCUT2D eigenvalue weighted by atomic mass is 10.1. The molecule has 0 spiro atoms. The fourth-order valence-corrected chi connectivity index (χ4v) is 1.97. The Balaban J connectivity index is 2.43. The van der Waals surface area contributed by atoms with E-state index in [1.165, 1.54) is 6.07 Å². The maximum absolute atomic E-state index is 12.6. The highest BCUT2D eigenvalue weighted by Gasteiger charge is 2.30. The Kier molecular flexibility index (Phi) is 2.23. The van der Waals surface area contributed by atoms with Crippen LogP contribution in [-0.4, -0.2) is 9.97 Å². The molecule has 0 saturated carbocycles. The molecule has 3 aromatic rings. The van der Waals surface area contributed by atoms with Crippen molar-refractivity contribution in [2.45, 2.75) is 13.1 Å². The molecule has 3 rings (SSSR count). The highest BCUT2D eigenvalue weighted by molar-refractivity contribution is 6.00. The predicted octanol–water partition coefficient (Wildman–Crippen LogP) is 3.00. The molecule has 98 valence electrons. The van der Waals surface area contributed by atoms with Crippen molar-refractivity contribution in [3.8, 4) is 0 Å². The summed E-state index contributed by atoms with van der Waals surface area (Å²) >= 11 is 0. The molecule has 1 aromatic carbocycles. The SMILES string of the molecule is Cc1nc2c(=O)[nH]c3cc(C(F)(F)F)ccc3c2o1. The molecule has 0 fully saturated rings. The zero-order valence-corrected chi connectivity index (χ0v) is 9.63. The number of hydrogen-bond donors (Lipinski definition) is 1. The molecule has 2 aromatic heterocycles. The number of benzene rings is 1. The number of halogens is 3. The highest BCUT2D eigenvalue weighted by atomic mass is 19.4. The zero-order chi connectivity index (χ0) is 13.8. The number of hydrogen-bond acceptors (Lipinski definition) is 3. The van der Waals surface area contributed by atoms with E-state index < -0.39 is 17.3 Å². The molecule has 1 N–H and O–H groups in total. The van der Waals surface area contributed by atoms with E-state index in [0.717, 1.165) is 12.1 Å². The zero-order valence-electron chi connectivity index (χ0n) is 9.63. The summed E-state index contributed by atoms with van der Waals surface area (Å²) in [4.78, 5) is 18.0. The van der Waals surface area contributed by atoms with Crippen molar-refractivity contribution < 1.29 is 17.6 Å². The van der Waals surface area contributed by atoms with E-state index in [1.807, 2.05) is 0 Å². The molecular weight excluding hydrogens is 261 g/mol. The summed E-state index contributed by atoms with van der Waals surface area (Å²) in [6.45, 7) is 1.56. The minimum Gasteiger partial charge on any atom is -0.440 e. The molecule has 0 bridgehead atoms. The van der Waals surface area contributed by atoms with Gasteiger partial charge in [-0.05, 0) is 18.2 Å². The Morgan fingerprint density at radius 2 is 2.05 bits per heavy atom. The minimum absolute atomic E-state index is 0.0727. The first-order valence-corrected chi connectivity index (χ1v) is 5.36. The van der Waals surface area contributed by atoms with Crippen LogP contribution in [-0.2, 0) is 6.18 Å². The number of oxazole rings is 1. The summed E-state index contributed by atoms with van der Waals surface area (Å²) in [6, 6.07) is 3.09. The van der Waals surface area contributed by atoms with Crippen LogP contribution in [0.3, 0.4) is 0 Å². The fourth-order valence-electron chi connectivity index (χ4n) is 1.97. The molecule has 0 aliphatic carbocycles. The van der Waals surface area contributed by atoms with Crippen molar-refractivity contribution in [1.29, 1.82) is 0 Å². The van der Waals surface area contributed by atoms with Gasteiger partial charge in [0.25, 0.3) is 5.56 Å². The Morgan fingerprint density at radius 3 is 2.74 bits per heavy atom. The van der Waals surface area contributed by atoms with Gasteiger partial charge >= 0.3 is 6.18 Å². The average Bonchev–Trinajstić information content (AvgIpc) is 2.70. The number of nitrogens with one attached hydrogen (secondary N) is 1. The lowest BCUT2D eigenvalue weighted by Crippen LogP contribution is -2.08. The Morgan fingerprint density at radius 1 is 1.32 bits per heavy atom. The van der Waals surface area contributed by atoms with E-state index in [9.17, 15) is 18.0 Å². The summed E-state index contributed by atoms with van der Waals surface area (Å²) < 4.78 is 43.1. The van der Waals surface area contributed by atoms with Crippen LogP contribution < -0.4 is 5.56 Å². The number of aryl methyl sites for hydroxylation is 1. The van der Waals surface area contributed by atoms with E-state index in [2.05, 4.69) is 9.97 Å². The maximum atomic E-state index is 12.6. The van der Waals surface area contributed by atoms with Crippen molar-refractivity contribution in [1.82, 2.24) is 9.97 Å². The molecule has 2 heterocycles. The standard InChI is InChI=1S/C12H7F3N2O2/c1-5-16-9-10(19-5)7-3-2-6(12(13,14)15)4-8(7)17-11(9)18/h2-4H,1H3,(H,17,18). The number of H-pyrrole nitrogens is 1. The van der Waals surface area contributed by atoms with Crippen molar-refractivity contribution in [3.63, 3.8) is 0 Å². The van der Waals surface area contributed by atoms with Gasteiger partial charge in [-0.1, -0.05) is 0 Å². The third-order valence-corrected chi connectivity index (χ3v) is 2.79. The van der Waals surface area contributed by atoms with E-state index in [-0.39, 0.29) is 22.5 Å². The quantitative estimate of drug-likeness (QED) is 0.681. The van der Waals surface area contributed by atoms with Crippen LogP contribution in [0.15, 0.2) is 27.4 Å². The van der Waals surface area contributed by atoms with Gasteiger partial charge in [0.15, 0.2) is 17.0 Å². The van der Waals surface area contributed by atoms with Crippen LogP contribution in [0, 0.1) is 6.92 Å². The Labute approximate surface area is 103 Å². The van der Waals surface area contributed by atoms with Crippen molar-refractivity contribution in [2.75, 3.05) is 0 Å². The largest absolute Gasteiger partial charge is 0.440 e. The highest BCUT2D eigenvalue weighted by Crippen LogP contribution is 2.32. The van der Waals surface area contributed by atoms with Gasteiger partial charge in [-0.3, -0.25) is 4.79 Å². The maximum Gasteiger partial charge on any atom is 0.416 e. The molecule has 0 aliphatic heterocycles. The van der Waals surface area contributed by atoms with Crippen molar-refractivity contribution in [3.05, 3.63) is 40.0 Å². The number of aromatic amines is 1. The van der Waals surface area contributed by atoms with Gasteiger partial charge in [-0.2, -0.15) is 13.2 Å². The fraction of sp³-hybridized carbons (Fsp3) is 0.167. The third-order valence-electron chi connectivity index (χ3n) is 2.79. The first-order valence-electron chi connectivity index (χ1n) is 5.36. The first-order chi connectivity index (χ1) is 8.86. The second-order valence-corrected chi connectivity index (χ2v) is 4.12. The van der Waals surface area contributed by atoms with E-state index >= 15 is 0 Å². The van der Waals surface area contributed by atoms with Gasteiger partial charge in [0.2, 0.25) is 0 Å². The average molecular weight is 268 g/mol. The van der Waals surface area contributed by atoms with Gasteiger partial charge < -0.3 is 9.40 Å². The smallest absolute Gasteiger partial charge is 0.416 e. The minimum atomic E-state index is -4.46. The summed E-state index contributed by atoms with van der Waals surface area (Å²) in [7, 11) is 0. The second-order valence-electron chi connectivity index (χ2n) is 4.12. The van der Waals surface area contributed by atoms with Gasteiger partial charge in [-0.25, -0.2) is 4.98 Å². The molecule has 0 radical (unpaired) electrons. The van der Waals surface area contributed by atoms with Crippen LogP contribution in [0.2, 0.25) is 0 Å². The molecule has 0 atom stereocenters. The van der Waals surface area contributed by atoms with Crippen molar-refractivity contribution in [2.24, 2.45) is 0 Å². The van der Waals surface area contributed by atoms with Crippen LogP contribution in [0.1, 0.15) is 11.5 Å². The topological polar surface area (TPSA) is 58.9 Å². The monoisotopic (exact) mass is 268 g/mol. The number of fused-ring (bicyclic) bond motifs is 3. The molecule has 0 saturated heterocycles. The molecule has 19 heavy (non-hydrogen) atoms. The number of rotatable bonds is 0. The van der Waals surface area contributed by atoms with E-state index in [1.54, 1.807) is 6.92 Å². The predicted molar refractivity (Wildman–Crippen MR) is 61.9 cm³/mol. The number of alkyl halides is 3. The molecule has 0 unspecified atom stereocenters. The normalized spacial score (nSPS) is 12.4. The lowest BCUT2D eigenvalue weighted by molar-refractivity contribution is -0.137. The summed E-state index contributed by atoms with van der Waals surface area (Å²) in [5.74, 6) is 0.285. The van der Waals surface area contributed by atoms with E-state index in [0.29, 0.717) is 5.39 Å². The molecular formula is C12H7F3N2O2. The number of nitrogens with zero attached hydrogens (tertiary/aromatic N) is 1. The second kappa shape index (κ2) is 3.59.